The largest absolute Gasteiger partial charge is 0.395 e. The molecule has 1 aromatic rings. The Morgan fingerprint density at radius 3 is 2.53 bits per heavy atom. The molecule has 17 heavy (non-hydrogen) atoms. The summed E-state index contributed by atoms with van der Waals surface area (Å²) in [6.45, 7) is 4.83. The molecule has 1 unspecified atom stereocenters. The number of nitrogens with one attached hydrogen (secondary N) is 1. The van der Waals surface area contributed by atoms with E-state index in [-0.39, 0.29) is 11.0 Å². The lowest BCUT2D eigenvalue weighted by Crippen LogP contribution is -2.21. The Hall–Kier alpha value is -0.690. The molecular formula is C10H16F3N3S. The zero-order valence-electron chi connectivity index (χ0n) is 9.84. The zero-order chi connectivity index (χ0) is 12.9. The molecule has 1 heterocycles. The molecule has 0 amide bonds. The van der Waals surface area contributed by atoms with Gasteiger partial charge in [0.05, 0.1) is 12.5 Å². The van der Waals surface area contributed by atoms with Gasteiger partial charge < -0.3 is 5.32 Å². The summed E-state index contributed by atoms with van der Waals surface area (Å²) in [6.07, 6.45) is -3.43. The van der Waals surface area contributed by atoms with Crippen molar-refractivity contribution >= 4 is 11.3 Å². The van der Waals surface area contributed by atoms with E-state index in [1.165, 1.54) is 0 Å². The molecule has 1 N–H and O–H groups in total. The van der Waals surface area contributed by atoms with Gasteiger partial charge in [0.2, 0.25) is 0 Å². The summed E-state index contributed by atoms with van der Waals surface area (Å²) >= 11 is 1.04. The topological polar surface area (TPSA) is 37.8 Å². The van der Waals surface area contributed by atoms with Crippen LogP contribution in [-0.2, 0) is 6.42 Å². The van der Waals surface area contributed by atoms with Crippen LogP contribution in [0.1, 0.15) is 42.7 Å². The third kappa shape index (κ3) is 4.99. The van der Waals surface area contributed by atoms with Crippen LogP contribution in [0.15, 0.2) is 0 Å². The summed E-state index contributed by atoms with van der Waals surface area (Å²) in [4.78, 5) is 0. The standard InChI is InChI=1S/C10H16F3N3S/c1-3-5-14-7(4-2)9-16-15-8(17-9)6-10(11,12)13/h7,14H,3-6H2,1-2H3. The molecule has 0 bridgehead atoms. The highest BCUT2D eigenvalue weighted by molar-refractivity contribution is 7.11. The van der Waals surface area contributed by atoms with Gasteiger partial charge in [-0.15, -0.1) is 10.2 Å². The zero-order valence-corrected chi connectivity index (χ0v) is 10.7. The summed E-state index contributed by atoms with van der Waals surface area (Å²) in [5, 5.41) is 11.3. The van der Waals surface area contributed by atoms with Crippen molar-refractivity contribution in [2.75, 3.05) is 6.54 Å². The highest BCUT2D eigenvalue weighted by atomic mass is 32.1. The van der Waals surface area contributed by atoms with Gasteiger partial charge >= 0.3 is 6.18 Å². The molecule has 1 aromatic heterocycles. The van der Waals surface area contributed by atoms with Crippen LogP contribution in [0.4, 0.5) is 13.2 Å². The molecule has 0 fully saturated rings. The number of rotatable bonds is 6. The predicted octanol–water partition coefficient (Wildman–Crippen LogP) is 3.09. The van der Waals surface area contributed by atoms with Gasteiger partial charge in [-0.05, 0) is 19.4 Å². The van der Waals surface area contributed by atoms with Gasteiger partial charge in [0.15, 0.2) is 0 Å². The monoisotopic (exact) mass is 267 g/mol. The average Bonchev–Trinajstić information content (AvgIpc) is 2.65. The van der Waals surface area contributed by atoms with Gasteiger partial charge in [-0.3, -0.25) is 0 Å². The second-order valence-corrected chi connectivity index (χ2v) is 4.83. The fraction of sp³-hybridized carbons (Fsp3) is 0.800. The minimum absolute atomic E-state index is 0.00873. The van der Waals surface area contributed by atoms with E-state index in [1.807, 2.05) is 13.8 Å². The predicted molar refractivity (Wildman–Crippen MR) is 61.0 cm³/mol. The Bertz CT molecular complexity index is 338. The minimum Gasteiger partial charge on any atom is -0.308 e. The van der Waals surface area contributed by atoms with E-state index in [4.69, 9.17) is 0 Å². The second kappa shape index (κ2) is 6.30. The van der Waals surface area contributed by atoms with Crippen molar-refractivity contribution in [2.45, 2.75) is 45.3 Å². The number of aromatic nitrogens is 2. The van der Waals surface area contributed by atoms with E-state index in [1.54, 1.807) is 0 Å². The lowest BCUT2D eigenvalue weighted by atomic mass is 10.2. The number of alkyl halides is 3. The minimum atomic E-state index is -4.21. The summed E-state index contributed by atoms with van der Waals surface area (Å²) < 4.78 is 36.5. The Morgan fingerprint density at radius 2 is 2.00 bits per heavy atom. The summed E-state index contributed by atoms with van der Waals surface area (Å²) in [6, 6.07) is 0.00873. The molecule has 0 saturated heterocycles. The van der Waals surface area contributed by atoms with E-state index in [9.17, 15) is 13.2 Å². The fourth-order valence-electron chi connectivity index (χ4n) is 1.38. The molecule has 1 atom stereocenters. The normalized spacial score (nSPS) is 13.9. The first-order valence-corrected chi connectivity index (χ1v) is 6.40. The van der Waals surface area contributed by atoms with E-state index in [0.717, 1.165) is 30.7 Å². The first-order valence-electron chi connectivity index (χ1n) is 5.58. The quantitative estimate of drug-likeness (QED) is 0.860. The van der Waals surface area contributed by atoms with Crippen LogP contribution in [0.5, 0.6) is 0 Å². The molecule has 0 aromatic carbocycles. The van der Waals surface area contributed by atoms with Crippen LogP contribution in [0, 0.1) is 0 Å². The fourth-order valence-corrected chi connectivity index (χ4v) is 2.41. The van der Waals surface area contributed by atoms with Crippen molar-refractivity contribution in [3.63, 3.8) is 0 Å². The maximum absolute atomic E-state index is 12.2. The van der Waals surface area contributed by atoms with Crippen molar-refractivity contribution in [3.05, 3.63) is 10.0 Å². The lowest BCUT2D eigenvalue weighted by molar-refractivity contribution is -0.127. The van der Waals surface area contributed by atoms with E-state index >= 15 is 0 Å². The molecule has 0 radical (unpaired) electrons. The van der Waals surface area contributed by atoms with Crippen molar-refractivity contribution in [1.82, 2.24) is 15.5 Å². The molecule has 0 aliphatic carbocycles. The SMILES string of the molecule is CCCNC(CC)c1nnc(CC(F)(F)F)s1. The summed E-state index contributed by atoms with van der Waals surface area (Å²) in [7, 11) is 0. The van der Waals surface area contributed by atoms with E-state index in [2.05, 4.69) is 15.5 Å². The number of hydrogen-bond donors (Lipinski definition) is 1. The summed E-state index contributed by atoms with van der Waals surface area (Å²) in [5.74, 6) is 0. The van der Waals surface area contributed by atoms with E-state index < -0.39 is 12.6 Å². The molecule has 1 rings (SSSR count). The molecule has 0 aliphatic rings. The Balaban J connectivity index is 2.65. The maximum atomic E-state index is 12.2. The highest BCUT2D eigenvalue weighted by Crippen LogP contribution is 2.26. The molecule has 0 aliphatic heterocycles. The van der Waals surface area contributed by atoms with Gasteiger partial charge in [-0.25, -0.2) is 0 Å². The van der Waals surface area contributed by atoms with E-state index in [0.29, 0.717) is 5.01 Å². The maximum Gasteiger partial charge on any atom is 0.395 e. The molecule has 0 saturated carbocycles. The van der Waals surface area contributed by atoms with Crippen LogP contribution >= 0.6 is 11.3 Å². The molecule has 0 spiro atoms. The first kappa shape index (κ1) is 14.4. The van der Waals surface area contributed by atoms with Gasteiger partial charge in [0, 0.05) is 0 Å². The van der Waals surface area contributed by atoms with Gasteiger partial charge in [-0.1, -0.05) is 25.2 Å². The summed E-state index contributed by atoms with van der Waals surface area (Å²) in [5.41, 5.74) is 0. The lowest BCUT2D eigenvalue weighted by Gasteiger charge is -2.12. The van der Waals surface area contributed by atoms with Crippen LogP contribution in [-0.4, -0.2) is 22.9 Å². The highest BCUT2D eigenvalue weighted by Gasteiger charge is 2.30. The first-order chi connectivity index (χ1) is 7.96. The van der Waals surface area contributed by atoms with Crippen LogP contribution in [0.2, 0.25) is 0 Å². The van der Waals surface area contributed by atoms with Gasteiger partial charge in [-0.2, -0.15) is 13.2 Å². The number of nitrogens with zero attached hydrogens (tertiary/aromatic N) is 2. The molecular weight excluding hydrogens is 251 g/mol. The smallest absolute Gasteiger partial charge is 0.308 e. The van der Waals surface area contributed by atoms with Crippen LogP contribution in [0.3, 0.4) is 0 Å². The number of hydrogen-bond acceptors (Lipinski definition) is 4. The average molecular weight is 267 g/mol. The Kier molecular flexibility index (Phi) is 5.32. The van der Waals surface area contributed by atoms with Crippen molar-refractivity contribution < 1.29 is 13.2 Å². The van der Waals surface area contributed by atoms with Crippen LogP contribution in [0.25, 0.3) is 0 Å². The molecule has 7 heteroatoms. The number of halogens is 3. The third-order valence-electron chi connectivity index (χ3n) is 2.18. The molecule has 98 valence electrons. The Morgan fingerprint density at radius 1 is 1.29 bits per heavy atom. The van der Waals surface area contributed by atoms with Crippen molar-refractivity contribution in [3.8, 4) is 0 Å². The molecule has 3 nitrogen and oxygen atoms in total. The second-order valence-electron chi connectivity index (χ2n) is 3.74. The van der Waals surface area contributed by atoms with Gasteiger partial charge in [0.25, 0.3) is 0 Å². The Labute approximate surface area is 102 Å². The van der Waals surface area contributed by atoms with Gasteiger partial charge in [0.1, 0.15) is 10.0 Å². The van der Waals surface area contributed by atoms with Crippen LogP contribution < -0.4 is 5.32 Å². The third-order valence-corrected chi connectivity index (χ3v) is 3.22. The van der Waals surface area contributed by atoms with Crippen molar-refractivity contribution in [1.29, 1.82) is 0 Å². The van der Waals surface area contributed by atoms with Crippen molar-refractivity contribution in [2.24, 2.45) is 0 Å².